The summed E-state index contributed by atoms with van der Waals surface area (Å²) >= 11 is 0. The van der Waals surface area contributed by atoms with Crippen LogP contribution < -0.4 is 0 Å². The van der Waals surface area contributed by atoms with Crippen molar-refractivity contribution >= 4 is 16.7 Å². The van der Waals surface area contributed by atoms with E-state index in [1.165, 1.54) is 0 Å². The number of aryl methyl sites for hydroxylation is 1. The summed E-state index contributed by atoms with van der Waals surface area (Å²) in [5.41, 5.74) is 2.00. The van der Waals surface area contributed by atoms with Gasteiger partial charge in [0.15, 0.2) is 5.75 Å². The number of benzene rings is 1. The van der Waals surface area contributed by atoms with Crippen molar-refractivity contribution in [2.45, 2.75) is 6.92 Å². The summed E-state index contributed by atoms with van der Waals surface area (Å²) < 4.78 is 0. The molecule has 1 nitrogen and oxygen atoms in total. The second kappa shape index (κ2) is 4.47. The lowest BCUT2D eigenvalue weighted by Gasteiger charge is -1.99. The molecule has 0 aliphatic rings. The number of carbonyl (C=O) groups is 1. The van der Waals surface area contributed by atoms with Crippen molar-refractivity contribution in [1.29, 1.82) is 0 Å². The zero-order chi connectivity index (χ0) is 9.84. The average molecular weight is 195 g/mol. The van der Waals surface area contributed by atoms with Crippen LogP contribution in [0.3, 0.4) is 0 Å². The Morgan fingerprint density at radius 2 is 2.08 bits per heavy atom. The van der Waals surface area contributed by atoms with Gasteiger partial charge >= 0.3 is 0 Å². The highest BCUT2D eigenvalue weighted by Crippen LogP contribution is 2.05. The molecule has 2 heteroatoms. The molecule has 0 fully saturated rings. The van der Waals surface area contributed by atoms with E-state index in [-0.39, 0.29) is 16.7 Å². The van der Waals surface area contributed by atoms with Crippen molar-refractivity contribution in [3.63, 3.8) is 0 Å². The van der Waals surface area contributed by atoms with Crippen molar-refractivity contribution in [3.8, 4) is 0 Å². The molecule has 0 aliphatic heterocycles. The highest BCUT2D eigenvalue weighted by atomic mass is 32.2. The quantitative estimate of drug-likeness (QED) is 0.533. The van der Waals surface area contributed by atoms with Crippen LogP contribution >= 0.6 is 0 Å². The molecule has 1 aromatic carbocycles. The minimum atomic E-state index is 0.198. The number of ketones is 1. The first-order valence-corrected chi connectivity index (χ1v) is 6.44. The van der Waals surface area contributed by atoms with E-state index in [4.69, 9.17) is 0 Å². The molecule has 1 aromatic rings. The Bertz CT molecular complexity index is 305. The van der Waals surface area contributed by atoms with E-state index >= 15 is 0 Å². The minimum Gasteiger partial charge on any atom is -0.289 e. The minimum absolute atomic E-state index is 0.198. The Kier molecular flexibility index (Phi) is 3.55. The van der Waals surface area contributed by atoms with E-state index in [0.717, 1.165) is 11.1 Å². The van der Waals surface area contributed by atoms with E-state index in [1.54, 1.807) is 0 Å². The van der Waals surface area contributed by atoms with Crippen LogP contribution in [0.1, 0.15) is 15.9 Å². The van der Waals surface area contributed by atoms with Gasteiger partial charge in [-0.1, -0.05) is 23.8 Å². The average Bonchev–Trinajstić information content (AvgIpc) is 2.03. The Morgan fingerprint density at radius 3 is 2.62 bits per heavy atom. The molecule has 0 N–H and O–H groups in total. The fourth-order valence-electron chi connectivity index (χ4n) is 1.16. The Hall–Kier alpha value is -0.760. The largest absolute Gasteiger partial charge is 0.289 e. The molecular formula is C11H15OS+. The van der Waals surface area contributed by atoms with Crippen LogP contribution in [0.2, 0.25) is 0 Å². The summed E-state index contributed by atoms with van der Waals surface area (Å²) in [6, 6.07) is 7.79. The highest BCUT2D eigenvalue weighted by molar-refractivity contribution is 7.96. The lowest BCUT2D eigenvalue weighted by molar-refractivity contribution is 0.102. The number of carbonyl (C=O) groups excluding carboxylic acids is 1. The topological polar surface area (TPSA) is 17.1 Å². The number of hydrogen-bond acceptors (Lipinski definition) is 1. The summed E-state index contributed by atoms with van der Waals surface area (Å²) in [5, 5.41) is 0. The van der Waals surface area contributed by atoms with Crippen LogP contribution in [-0.2, 0) is 10.9 Å². The van der Waals surface area contributed by atoms with E-state index in [1.807, 2.05) is 31.2 Å². The molecule has 0 saturated heterocycles. The molecule has 0 aliphatic carbocycles. The summed E-state index contributed by atoms with van der Waals surface area (Å²) in [7, 11) is 0.198. The van der Waals surface area contributed by atoms with Gasteiger partial charge in [-0.2, -0.15) is 0 Å². The maximum Gasteiger partial charge on any atom is 0.211 e. The van der Waals surface area contributed by atoms with Gasteiger partial charge in [0.2, 0.25) is 5.78 Å². The summed E-state index contributed by atoms with van der Waals surface area (Å²) in [5.74, 6) is 0.931. The zero-order valence-corrected chi connectivity index (χ0v) is 9.15. The number of rotatable bonds is 3. The van der Waals surface area contributed by atoms with Crippen LogP contribution in [0.25, 0.3) is 0 Å². The molecule has 0 saturated carbocycles. The number of Topliss-reactive ketones (excluding diaryl/α,β-unsaturated/α-hetero) is 1. The number of hydrogen-bond donors (Lipinski definition) is 0. The van der Waals surface area contributed by atoms with Crippen LogP contribution in [0, 0.1) is 6.92 Å². The van der Waals surface area contributed by atoms with Gasteiger partial charge in [0.25, 0.3) is 0 Å². The molecule has 1 rings (SSSR count). The van der Waals surface area contributed by atoms with Gasteiger partial charge in [0, 0.05) is 5.56 Å². The second-order valence-electron chi connectivity index (χ2n) is 3.42. The van der Waals surface area contributed by atoms with Crippen LogP contribution in [0.15, 0.2) is 24.3 Å². The molecule has 0 aromatic heterocycles. The fraction of sp³-hybridized carbons (Fsp3) is 0.364. The van der Waals surface area contributed by atoms with Crippen molar-refractivity contribution in [3.05, 3.63) is 35.4 Å². The molecule has 13 heavy (non-hydrogen) atoms. The maximum atomic E-state index is 11.6. The predicted molar refractivity (Wildman–Crippen MR) is 59.6 cm³/mol. The second-order valence-corrected chi connectivity index (χ2v) is 5.68. The predicted octanol–water partition coefficient (Wildman–Crippen LogP) is 2.06. The smallest absolute Gasteiger partial charge is 0.211 e. The van der Waals surface area contributed by atoms with Gasteiger partial charge in [0.05, 0.1) is 12.5 Å². The van der Waals surface area contributed by atoms with E-state index in [9.17, 15) is 4.79 Å². The first-order chi connectivity index (χ1) is 6.09. The van der Waals surface area contributed by atoms with Crippen molar-refractivity contribution in [2.75, 3.05) is 18.3 Å². The van der Waals surface area contributed by atoms with Gasteiger partial charge in [-0.15, -0.1) is 0 Å². The maximum absolute atomic E-state index is 11.6. The molecule has 0 amide bonds. The van der Waals surface area contributed by atoms with Crippen LogP contribution in [0.5, 0.6) is 0 Å². The standard InChI is InChI=1S/C11H15OS/c1-9-5-4-6-10(7-9)11(12)8-13(2)3/h4-7H,8H2,1-3H3/q+1. The molecule has 0 radical (unpaired) electrons. The van der Waals surface area contributed by atoms with E-state index in [0.29, 0.717) is 5.75 Å². The summed E-state index contributed by atoms with van der Waals surface area (Å²) in [6.45, 7) is 2.01. The third-order valence-corrected chi connectivity index (χ3v) is 2.60. The third-order valence-electron chi connectivity index (χ3n) is 1.76. The van der Waals surface area contributed by atoms with Gasteiger partial charge < -0.3 is 0 Å². The Balaban J connectivity index is 2.77. The van der Waals surface area contributed by atoms with Crippen molar-refractivity contribution in [1.82, 2.24) is 0 Å². The monoisotopic (exact) mass is 195 g/mol. The molecule has 0 spiro atoms. The zero-order valence-electron chi connectivity index (χ0n) is 8.33. The molecule has 0 unspecified atom stereocenters. The molecule has 0 heterocycles. The van der Waals surface area contributed by atoms with Crippen molar-refractivity contribution < 1.29 is 4.79 Å². The lowest BCUT2D eigenvalue weighted by Crippen LogP contribution is -2.13. The first-order valence-electron chi connectivity index (χ1n) is 4.23. The first kappa shape index (κ1) is 10.3. The SMILES string of the molecule is Cc1cccc(C(=O)C[S+](C)C)c1. The van der Waals surface area contributed by atoms with Crippen LogP contribution in [-0.4, -0.2) is 24.0 Å². The van der Waals surface area contributed by atoms with Gasteiger partial charge in [-0.05, 0) is 23.9 Å². The normalized spacial score (nSPS) is 10.5. The molecule has 70 valence electrons. The highest BCUT2D eigenvalue weighted by Gasteiger charge is 2.13. The fourth-order valence-corrected chi connectivity index (χ4v) is 1.86. The van der Waals surface area contributed by atoms with Crippen molar-refractivity contribution in [2.24, 2.45) is 0 Å². The lowest BCUT2D eigenvalue weighted by atomic mass is 10.1. The van der Waals surface area contributed by atoms with E-state index in [2.05, 4.69) is 12.5 Å². The molecule has 0 bridgehead atoms. The van der Waals surface area contributed by atoms with Gasteiger partial charge in [0.1, 0.15) is 0 Å². The molecule has 0 atom stereocenters. The summed E-state index contributed by atoms with van der Waals surface area (Å²) in [6.07, 6.45) is 4.18. The summed E-state index contributed by atoms with van der Waals surface area (Å²) in [4.78, 5) is 11.6. The van der Waals surface area contributed by atoms with Crippen LogP contribution in [0.4, 0.5) is 0 Å². The van der Waals surface area contributed by atoms with E-state index < -0.39 is 0 Å². The Labute approximate surface area is 82.5 Å². The third kappa shape index (κ3) is 3.23. The molecular weight excluding hydrogens is 180 g/mol. The van der Waals surface area contributed by atoms with Gasteiger partial charge in [-0.3, -0.25) is 4.79 Å². The van der Waals surface area contributed by atoms with Gasteiger partial charge in [-0.25, -0.2) is 0 Å². The Morgan fingerprint density at radius 1 is 1.38 bits per heavy atom.